The van der Waals surface area contributed by atoms with Crippen LogP contribution in [0, 0.1) is 5.92 Å². The summed E-state index contributed by atoms with van der Waals surface area (Å²) < 4.78 is 17.0. The third-order valence-corrected chi connectivity index (χ3v) is 7.26. The molecule has 8 heteroatoms. The SMILES string of the molecule is Cn1cnc2cc(CC[C@H]3C[C@@H](n4ccc5c(Cl)ncnc54)[C@@H]4OC(C)(C)O[C@H]34)ccc21. The summed E-state index contributed by atoms with van der Waals surface area (Å²) >= 11 is 6.30. The molecule has 4 heterocycles. The van der Waals surface area contributed by atoms with Gasteiger partial charge in [0.1, 0.15) is 23.2 Å². The molecule has 0 N–H and O–H groups in total. The van der Waals surface area contributed by atoms with Gasteiger partial charge in [0.2, 0.25) is 0 Å². The average molecular weight is 452 g/mol. The van der Waals surface area contributed by atoms with E-state index >= 15 is 0 Å². The molecule has 6 rings (SSSR count). The van der Waals surface area contributed by atoms with Gasteiger partial charge in [-0.05, 0) is 62.8 Å². The first-order valence-electron chi connectivity index (χ1n) is 11.1. The van der Waals surface area contributed by atoms with E-state index in [4.69, 9.17) is 21.1 Å². The van der Waals surface area contributed by atoms with Crippen LogP contribution in [0.2, 0.25) is 5.15 Å². The van der Waals surface area contributed by atoms with Gasteiger partial charge in [-0.15, -0.1) is 0 Å². The highest BCUT2D eigenvalue weighted by molar-refractivity contribution is 6.33. The first-order valence-corrected chi connectivity index (χ1v) is 11.5. The largest absolute Gasteiger partial charge is 0.344 e. The van der Waals surface area contributed by atoms with E-state index < -0.39 is 5.79 Å². The standard InChI is InChI=1S/C24H26ClN5O2/c1-24(2)31-20-15(6-4-14-5-7-18-17(10-14)28-13-29(18)3)11-19(21(20)32-24)30-9-8-16-22(25)26-12-27-23(16)30/h5,7-10,12-13,15,19-21H,4,6,11H2,1-3H3/t15-,19+,20+,21-/m0/s1. The molecule has 166 valence electrons. The molecule has 2 fully saturated rings. The van der Waals surface area contributed by atoms with Crippen molar-refractivity contribution < 1.29 is 9.47 Å². The van der Waals surface area contributed by atoms with Crippen molar-refractivity contribution in [2.75, 3.05) is 0 Å². The second-order valence-corrected chi connectivity index (χ2v) is 9.83. The predicted octanol–water partition coefficient (Wildman–Crippen LogP) is 4.69. The van der Waals surface area contributed by atoms with Crippen molar-refractivity contribution in [1.29, 1.82) is 0 Å². The smallest absolute Gasteiger partial charge is 0.163 e. The fraction of sp³-hybridized carbons (Fsp3) is 0.458. The normalized spacial score (nSPS) is 26.9. The van der Waals surface area contributed by atoms with Gasteiger partial charge >= 0.3 is 0 Å². The third kappa shape index (κ3) is 3.22. The van der Waals surface area contributed by atoms with Crippen LogP contribution >= 0.6 is 11.6 Å². The number of hydrogen-bond acceptors (Lipinski definition) is 5. The van der Waals surface area contributed by atoms with Crippen LogP contribution in [0.1, 0.15) is 38.3 Å². The Balaban J connectivity index is 1.27. The summed E-state index contributed by atoms with van der Waals surface area (Å²) in [5.41, 5.74) is 4.36. The van der Waals surface area contributed by atoms with Crippen LogP contribution in [0.25, 0.3) is 22.1 Å². The van der Waals surface area contributed by atoms with Crippen molar-refractivity contribution in [1.82, 2.24) is 24.1 Å². The Labute approximate surface area is 191 Å². The summed E-state index contributed by atoms with van der Waals surface area (Å²) in [5, 5.41) is 1.35. The summed E-state index contributed by atoms with van der Waals surface area (Å²) in [4.78, 5) is 13.1. The van der Waals surface area contributed by atoms with E-state index in [0.717, 1.165) is 41.3 Å². The second-order valence-electron chi connectivity index (χ2n) is 9.47. The Morgan fingerprint density at radius 3 is 2.84 bits per heavy atom. The minimum Gasteiger partial charge on any atom is -0.344 e. The minimum absolute atomic E-state index is 0.0161. The first kappa shape index (κ1) is 20.1. The molecule has 32 heavy (non-hydrogen) atoms. The quantitative estimate of drug-likeness (QED) is 0.421. The highest BCUT2D eigenvalue weighted by Gasteiger charge is 2.54. The fourth-order valence-corrected chi connectivity index (χ4v) is 5.70. The van der Waals surface area contributed by atoms with Crippen LogP contribution < -0.4 is 0 Å². The molecule has 4 atom stereocenters. The summed E-state index contributed by atoms with van der Waals surface area (Å²) in [6.45, 7) is 4.00. The van der Waals surface area contributed by atoms with E-state index in [1.54, 1.807) is 0 Å². The van der Waals surface area contributed by atoms with Gasteiger partial charge in [0.25, 0.3) is 0 Å². The zero-order chi connectivity index (χ0) is 22.0. The molecule has 0 unspecified atom stereocenters. The highest BCUT2D eigenvalue weighted by atomic mass is 35.5. The molecule has 1 aliphatic carbocycles. The van der Waals surface area contributed by atoms with Crippen molar-refractivity contribution in [3.05, 3.63) is 53.8 Å². The van der Waals surface area contributed by atoms with Crippen molar-refractivity contribution in [2.45, 2.75) is 57.1 Å². The summed E-state index contributed by atoms with van der Waals surface area (Å²) in [6.07, 6.45) is 8.47. The summed E-state index contributed by atoms with van der Waals surface area (Å²) in [7, 11) is 2.02. The molecule has 1 saturated heterocycles. The van der Waals surface area contributed by atoms with Crippen molar-refractivity contribution in [3.63, 3.8) is 0 Å². The van der Waals surface area contributed by atoms with Gasteiger partial charge in [0, 0.05) is 13.2 Å². The first-order chi connectivity index (χ1) is 15.4. The van der Waals surface area contributed by atoms with E-state index in [-0.39, 0.29) is 18.2 Å². The number of ether oxygens (including phenoxy) is 2. The molecule has 1 aliphatic heterocycles. The topological polar surface area (TPSA) is 67.0 Å². The lowest BCUT2D eigenvalue weighted by Gasteiger charge is -2.24. The number of imidazole rings is 1. The van der Waals surface area contributed by atoms with Gasteiger partial charge in [-0.2, -0.15) is 0 Å². The number of aryl methyl sites for hydroxylation is 2. The zero-order valence-corrected chi connectivity index (χ0v) is 19.2. The number of halogens is 1. The van der Waals surface area contributed by atoms with Crippen molar-refractivity contribution in [2.24, 2.45) is 13.0 Å². The van der Waals surface area contributed by atoms with Gasteiger partial charge in [-0.3, -0.25) is 0 Å². The lowest BCUT2D eigenvalue weighted by atomic mass is 9.96. The monoisotopic (exact) mass is 451 g/mol. The number of hydrogen-bond donors (Lipinski definition) is 0. The van der Waals surface area contributed by atoms with E-state index in [9.17, 15) is 0 Å². The molecular formula is C24H26ClN5O2. The number of aromatic nitrogens is 5. The minimum atomic E-state index is -0.589. The van der Waals surface area contributed by atoms with Crippen LogP contribution in [-0.4, -0.2) is 42.1 Å². The molecule has 0 bridgehead atoms. The van der Waals surface area contributed by atoms with Gasteiger partial charge in [-0.1, -0.05) is 17.7 Å². The van der Waals surface area contributed by atoms with Crippen molar-refractivity contribution in [3.8, 4) is 0 Å². The van der Waals surface area contributed by atoms with E-state index in [1.807, 2.05) is 37.9 Å². The maximum absolute atomic E-state index is 6.40. The Bertz CT molecular complexity index is 1310. The van der Waals surface area contributed by atoms with Crippen LogP contribution in [-0.2, 0) is 22.9 Å². The number of nitrogens with zero attached hydrogens (tertiary/aromatic N) is 5. The molecular weight excluding hydrogens is 426 g/mol. The maximum Gasteiger partial charge on any atom is 0.163 e. The van der Waals surface area contributed by atoms with E-state index in [2.05, 4.69) is 43.9 Å². The molecule has 2 aliphatic rings. The molecule has 3 aromatic heterocycles. The average Bonchev–Trinajstić information content (AvgIpc) is 3.49. The summed E-state index contributed by atoms with van der Waals surface area (Å²) in [5.74, 6) is -0.199. The highest BCUT2D eigenvalue weighted by Crippen LogP contribution is 2.49. The predicted molar refractivity (Wildman–Crippen MR) is 123 cm³/mol. The molecule has 0 amide bonds. The Kier molecular flexibility index (Phi) is 4.58. The van der Waals surface area contributed by atoms with Gasteiger partial charge in [-0.25, -0.2) is 15.0 Å². The van der Waals surface area contributed by atoms with Gasteiger partial charge in [0.05, 0.1) is 34.9 Å². The zero-order valence-electron chi connectivity index (χ0n) is 18.4. The molecule has 1 saturated carbocycles. The lowest BCUT2D eigenvalue weighted by molar-refractivity contribution is -0.160. The lowest BCUT2D eigenvalue weighted by Crippen LogP contribution is -2.27. The van der Waals surface area contributed by atoms with Gasteiger partial charge < -0.3 is 18.6 Å². The third-order valence-electron chi connectivity index (χ3n) is 6.96. The molecule has 0 spiro atoms. The molecule has 0 radical (unpaired) electrons. The molecule has 4 aromatic rings. The van der Waals surface area contributed by atoms with Crippen molar-refractivity contribution >= 4 is 33.7 Å². The van der Waals surface area contributed by atoms with Crippen LogP contribution in [0.5, 0.6) is 0 Å². The van der Waals surface area contributed by atoms with Crippen LogP contribution in [0.4, 0.5) is 0 Å². The Morgan fingerprint density at radius 1 is 1.12 bits per heavy atom. The Hall–Kier alpha value is -2.48. The number of rotatable bonds is 4. The molecule has 1 aromatic carbocycles. The molecule has 7 nitrogen and oxygen atoms in total. The van der Waals surface area contributed by atoms with E-state index in [1.165, 1.54) is 11.9 Å². The van der Waals surface area contributed by atoms with E-state index in [0.29, 0.717) is 11.1 Å². The number of fused-ring (bicyclic) bond motifs is 3. The maximum atomic E-state index is 6.40. The van der Waals surface area contributed by atoms with Gasteiger partial charge in [0.15, 0.2) is 5.79 Å². The Morgan fingerprint density at radius 2 is 1.97 bits per heavy atom. The number of benzene rings is 1. The second kappa shape index (κ2) is 7.27. The summed E-state index contributed by atoms with van der Waals surface area (Å²) in [6, 6.07) is 8.71. The fourth-order valence-electron chi connectivity index (χ4n) is 5.51. The van der Waals surface area contributed by atoms with Crippen LogP contribution in [0.3, 0.4) is 0 Å². The van der Waals surface area contributed by atoms with Crippen LogP contribution in [0.15, 0.2) is 43.1 Å².